The summed E-state index contributed by atoms with van der Waals surface area (Å²) in [6.07, 6.45) is -0.756. The standard InChI is InChI=1S/C22H22N2O4/c1-21(2,3)28-20(27)24-18(25)13-16(14-9-5-4-6-10-14)22(24)15-11-7-8-12-17(15)23-19(22)26/h4-12,16H,13H2,1-3H3,(H,23,26)/t16-,22-/m1/s1. The van der Waals surface area contributed by atoms with Crippen molar-refractivity contribution in [3.05, 3.63) is 65.7 Å². The molecule has 4 rings (SSSR count). The molecule has 1 saturated heterocycles. The van der Waals surface area contributed by atoms with Gasteiger partial charge < -0.3 is 10.1 Å². The average molecular weight is 378 g/mol. The maximum atomic E-state index is 13.4. The number of para-hydroxylation sites is 1. The first kappa shape index (κ1) is 18.2. The molecule has 0 bridgehead atoms. The molecule has 3 amide bonds. The Morgan fingerprint density at radius 2 is 1.71 bits per heavy atom. The normalized spacial score (nSPS) is 23.7. The van der Waals surface area contributed by atoms with E-state index in [1.807, 2.05) is 36.4 Å². The third-order valence-corrected chi connectivity index (χ3v) is 5.20. The second-order valence-corrected chi connectivity index (χ2v) is 8.14. The zero-order chi connectivity index (χ0) is 20.1. The fourth-order valence-corrected chi connectivity index (χ4v) is 4.20. The first-order chi connectivity index (χ1) is 13.2. The van der Waals surface area contributed by atoms with Crippen LogP contribution >= 0.6 is 0 Å². The Bertz CT molecular complexity index is 964. The Morgan fingerprint density at radius 1 is 1.07 bits per heavy atom. The third-order valence-electron chi connectivity index (χ3n) is 5.20. The van der Waals surface area contributed by atoms with E-state index in [0.717, 1.165) is 10.5 Å². The molecular weight excluding hydrogens is 356 g/mol. The number of anilines is 1. The Kier molecular flexibility index (Phi) is 4.03. The third kappa shape index (κ3) is 2.59. The van der Waals surface area contributed by atoms with Gasteiger partial charge in [-0.2, -0.15) is 0 Å². The highest BCUT2D eigenvalue weighted by molar-refractivity contribution is 6.14. The number of benzene rings is 2. The molecule has 6 nitrogen and oxygen atoms in total. The molecular formula is C22H22N2O4. The van der Waals surface area contributed by atoms with Crippen molar-refractivity contribution in [1.82, 2.24) is 4.90 Å². The van der Waals surface area contributed by atoms with Crippen LogP contribution in [-0.2, 0) is 19.9 Å². The minimum absolute atomic E-state index is 0.0466. The lowest BCUT2D eigenvalue weighted by molar-refractivity contribution is -0.137. The first-order valence-corrected chi connectivity index (χ1v) is 9.27. The quantitative estimate of drug-likeness (QED) is 0.819. The van der Waals surface area contributed by atoms with Crippen molar-refractivity contribution in [2.75, 3.05) is 5.32 Å². The largest absolute Gasteiger partial charge is 0.443 e. The van der Waals surface area contributed by atoms with E-state index in [0.29, 0.717) is 11.3 Å². The lowest BCUT2D eigenvalue weighted by Crippen LogP contribution is -2.54. The van der Waals surface area contributed by atoms with Crippen molar-refractivity contribution in [1.29, 1.82) is 0 Å². The fraction of sp³-hybridized carbons (Fsp3) is 0.318. The number of fused-ring (bicyclic) bond motifs is 2. The number of rotatable bonds is 1. The molecule has 6 heteroatoms. The van der Waals surface area contributed by atoms with Gasteiger partial charge in [-0.05, 0) is 32.4 Å². The van der Waals surface area contributed by atoms with Gasteiger partial charge in [0, 0.05) is 23.6 Å². The summed E-state index contributed by atoms with van der Waals surface area (Å²) in [6, 6.07) is 16.5. The first-order valence-electron chi connectivity index (χ1n) is 9.27. The molecule has 2 aromatic carbocycles. The van der Waals surface area contributed by atoms with Gasteiger partial charge in [-0.3, -0.25) is 9.59 Å². The summed E-state index contributed by atoms with van der Waals surface area (Å²) >= 11 is 0. The van der Waals surface area contributed by atoms with Crippen LogP contribution in [-0.4, -0.2) is 28.4 Å². The smallest absolute Gasteiger partial charge is 0.418 e. The van der Waals surface area contributed by atoms with Gasteiger partial charge in [0.15, 0.2) is 5.54 Å². The van der Waals surface area contributed by atoms with Crippen LogP contribution in [0.1, 0.15) is 44.2 Å². The van der Waals surface area contributed by atoms with Crippen LogP contribution in [0.4, 0.5) is 10.5 Å². The van der Waals surface area contributed by atoms with Crippen molar-refractivity contribution in [2.24, 2.45) is 0 Å². The van der Waals surface area contributed by atoms with Crippen LogP contribution in [0.2, 0.25) is 0 Å². The SMILES string of the molecule is CC(C)(C)OC(=O)N1C(=O)C[C@H](c2ccccc2)[C@]12C(=O)Nc1ccccc12. The average Bonchev–Trinajstić information content (AvgIpc) is 3.10. The summed E-state index contributed by atoms with van der Waals surface area (Å²) in [6.45, 7) is 5.19. The summed E-state index contributed by atoms with van der Waals surface area (Å²) in [4.78, 5) is 40.5. The Hall–Kier alpha value is -3.15. The van der Waals surface area contributed by atoms with Gasteiger partial charge in [0.05, 0.1) is 0 Å². The molecule has 144 valence electrons. The zero-order valence-corrected chi connectivity index (χ0v) is 16.1. The summed E-state index contributed by atoms with van der Waals surface area (Å²) in [7, 11) is 0. The van der Waals surface area contributed by atoms with Gasteiger partial charge in [-0.25, -0.2) is 9.69 Å². The summed E-state index contributed by atoms with van der Waals surface area (Å²) < 4.78 is 5.51. The number of hydrogen-bond acceptors (Lipinski definition) is 4. The number of carbonyl (C=O) groups excluding carboxylic acids is 3. The van der Waals surface area contributed by atoms with E-state index in [9.17, 15) is 14.4 Å². The molecule has 28 heavy (non-hydrogen) atoms. The highest BCUT2D eigenvalue weighted by Gasteiger charge is 2.65. The monoisotopic (exact) mass is 378 g/mol. The molecule has 0 aromatic heterocycles. The molecule has 1 spiro atoms. The fourth-order valence-electron chi connectivity index (χ4n) is 4.20. The number of hydrogen-bond donors (Lipinski definition) is 1. The number of ether oxygens (including phenoxy) is 1. The molecule has 2 atom stereocenters. The molecule has 2 heterocycles. The summed E-state index contributed by atoms with van der Waals surface area (Å²) in [5, 5.41) is 2.86. The van der Waals surface area contributed by atoms with E-state index in [4.69, 9.17) is 4.74 Å². The minimum atomic E-state index is -1.46. The highest BCUT2D eigenvalue weighted by atomic mass is 16.6. The van der Waals surface area contributed by atoms with Crippen LogP contribution in [0.5, 0.6) is 0 Å². The maximum absolute atomic E-state index is 13.4. The molecule has 0 aliphatic carbocycles. The van der Waals surface area contributed by atoms with Gasteiger partial charge in [0.1, 0.15) is 5.60 Å². The minimum Gasteiger partial charge on any atom is -0.443 e. The Labute approximate surface area is 163 Å². The van der Waals surface area contributed by atoms with Crippen LogP contribution in [0.15, 0.2) is 54.6 Å². The van der Waals surface area contributed by atoms with E-state index in [-0.39, 0.29) is 12.3 Å². The van der Waals surface area contributed by atoms with Gasteiger partial charge >= 0.3 is 6.09 Å². The lowest BCUT2D eigenvalue weighted by atomic mass is 9.76. The number of amides is 3. The molecule has 0 unspecified atom stereocenters. The lowest BCUT2D eigenvalue weighted by Gasteiger charge is -2.36. The molecule has 1 N–H and O–H groups in total. The molecule has 1 fully saturated rings. The zero-order valence-electron chi connectivity index (χ0n) is 16.1. The van der Waals surface area contributed by atoms with Crippen molar-refractivity contribution in [3.63, 3.8) is 0 Å². The number of carbonyl (C=O) groups is 3. The topological polar surface area (TPSA) is 75.7 Å². The van der Waals surface area contributed by atoms with Crippen molar-refractivity contribution >= 4 is 23.6 Å². The molecule has 0 saturated carbocycles. The predicted molar refractivity (Wildman–Crippen MR) is 104 cm³/mol. The number of nitrogens with zero attached hydrogens (tertiary/aromatic N) is 1. The van der Waals surface area contributed by atoms with Gasteiger partial charge in [-0.15, -0.1) is 0 Å². The Morgan fingerprint density at radius 3 is 2.39 bits per heavy atom. The van der Waals surface area contributed by atoms with Crippen LogP contribution in [0.3, 0.4) is 0 Å². The van der Waals surface area contributed by atoms with Gasteiger partial charge in [0.25, 0.3) is 5.91 Å². The highest BCUT2D eigenvalue weighted by Crippen LogP contribution is 2.55. The number of imide groups is 1. The van der Waals surface area contributed by atoms with Crippen molar-refractivity contribution in [2.45, 2.75) is 44.2 Å². The van der Waals surface area contributed by atoms with Crippen molar-refractivity contribution in [3.8, 4) is 0 Å². The van der Waals surface area contributed by atoms with E-state index in [1.165, 1.54) is 0 Å². The number of likely N-dealkylation sites (tertiary alicyclic amines) is 1. The van der Waals surface area contributed by atoms with E-state index in [1.54, 1.807) is 39.0 Å². The second-order valence-electron chi connectivity index (χ2n) is 8.14. The molecule has 2 aromatic rings. The molecule has 2 aliphatic heterocycles. The van der Waals surface area contributed by atoms with E-state index >= 15 is 0 Å². The number of nitrogens with one attached hydrogen (secondary N) is 1. The summed E-state index contributed by atoms with van der Waals surface area (Å²) in [5.41, 5.74) is -0.203. The van der Waals surface area contributed by atoms with Crippen LogP contribution in [0.25, 0.3) is 0 Å². The summed E-state index contributed by atoms with van der Waals surface area (Å²) in [5.74, 6) is -1.31. The van der Waals surface area contributed by atoms with E-state index in [2.05, 4.69) is 5.32 Å². The van der Waals surface area contributed by atoms with E-state index < -0.39 is 29.1 Å². The second kappa shape index (κ2) is 6.19. The van der Waals surface area contributed by atoms with Crippen LogP contribution < -0.4 is 5.32 Å². The predicted octanol–water partition coefficient (Wildman–Crippen LogP) is 3.79. The maximum Gasteiger partial charge on any atom is 0.418 e. The van der Waals surface area contributed by atoms with Crippen molar-refractivity contribution < 1.29 is 19.1 Å². The van der Waals surface area contributed by atoms with Gasteiger partial charge in [-0.1, -0.05) is 48.5 Å². The van der Waals surface area contributed by atoms with Crippen LogP contribution in [0, 0.1) is 0 Å². The van der Waals surface area contributed by atoms with Gasteiger partial charge in [0.2, 0.25) is 5.91 Å². The molecule has 2 aliphatic rings. The Balaban J connectivity index is 1.93. The molecule has 0 radical (unpaired) electrons.